The summed E-state index contributed by atoms with van der Waals surface area (Å²) in [7, 11) is 4.21. The van der Waals surface area contributed by atoms with Crippen LogP contribution in [0.3, 0.4) is 0 Å². The van der Waals surface area contributed by atoms with Gasteiger partial charge in [0.2, 0.25) is 0 Å². The van der Waals surface area contributed by atoms with Crippen LogP contribution in [0.2, 0.25) is 0 Å². The van der Waals surface area contributed by atoms with E-state index < -0.39 is 0 Å². The van der Waals surface area contributed by atoms with Crippen molar-refractivity contribution in [2.45, 2.75) is 0 Å². The molecule has 5 aromatic carbocycles. The van der Waals surface area contributed by atoms with E-state index in [-0.39, 0.29) is 0 Å². The van der Waals surface area contributed by atoms with Gasteiger partial charge in [-0.25, -0.2) is 0 Å². The fourth-order valence-electron chi connectivity index (χ4n) is 4.24. The molecule has 0 N–H and O–H groups in total. The third-order valence-electron chi connectivity index (χ3n) is 5.64. The summed E-state index contributed by atoms with van der Waals surface area (Å²) in [5.74, 6) is 0. The quantitative estimate of drug-likeness (QED) is 0.298. The van der Waals surface area contributed by atoms with Gasteiger partial charge in [-0.05, 0) is 50.4 Å². The SMILES string of the molecule is CN(C)c1ccc(-c2cccc3ccc4ccccc4c23)cc1-c1ccccc1. The van der Waals surface area contributed by atoms with Gasteiger partial charge < -0.3 is 4.90 Å². The average Bonchev–Trinajstić information content (AvgIpc) is 2.78. The predicted octanol–water partition coefficient (Wildman–Crippen LogP) is 7.39. The average molecular weight is 373 g/mol. The first-order chi connectivity index (χ1) is 14.2. The Kier molecular flexibility index (Phi) is 4.29. The first-order valence-corrected chi connectivity index (χ1v) is 10.00. The van der Waals surface area contributed by atoms with Crippen LogP contribution in [-0.2, 0) is 0 Å². The van der Waals surface area contributed by atoms with Gasteiger partial charge in [-0.1, -0.05) is 91.0 Å². The van der Waals surface area contributed by atoms with Gasteiger partial charge >= 0.3 is 0 Å². The third-order valence-corrected chi connectivity index (χ3v) is 5.64. The van der Waals surface area contributed by atoms with Crippen LogP contribution in [0.5, 0.6) is 0 Å². The van der Waals surface area contributed by atoms with Crippen LogP contribution in [0.15, 0.2) is 103 Å². The molecule has 0 bridgehead atoms. The minimum absolute atomic E-state index is 1.23. The number of hydrogen-bond donors (Lipinski definition) is 0. The lowest BCUT2D eigenvalue weighted by Gasteiger charge is -2.20. The van der Waals surface area contributed by atoms with Gasteiger partial charge in [-0.3, -0.25) is 0 Å². The fraction of sp³-hybridized carbons (Fsp3) is 0.0714. The van der Waals surface area contributed by atoms with E-state index in [9.17, 15) is 0 Å². The fourth-order valence-corrected chi connectivity index (χ4v) is 4.24. The zero-order valence-electron chi connectivity index (χ0n) is 16.8. The molecule has 0 aliphatic heterocycles. The molecular formula is C28H23N. The van der Waals surface area contributed by atoms with Crippen molar-refractivity contribution in [2.24, 2.45) is 0 Å². The monoisotopic (exact) mass is 373 g/mol. The van der Waals surface area contributed by atoms with E-state index in [1.807, 2.05) is 0 Å². The summed E-state index contributed by atoms with van der Waals surface area (Å²) < 4.78 is 0. The highest BCUT2D eigenvalue weighted by molar-refractivity contribution is 6.14. The topological polar surface area (TPSA) is 3.24 Å². The van der Waals surface area contributed by atoms with Crippen molar-refractivity contribution in [2.75, 3.05) is 19.0 Å². The highest BCUT2D eigenvalue weighted by atomic mass is 15.1. The van der Waals surface area contributed by atoms with Crippen LogP contribution in [-0.4, -0.2) is 14.1 Å². The Morgan fingerprint density at radius 3 is 2.07 bits per heavy atom. The molecule has 0 aromatic heterocycles. The van der Waals surface area contributed by atoms with Crippen molar-refractivity contribution in [1.82, 2.24) is 0 Å². The largest absolute Gasteiger partial charge is 0.377 e. The molecule has 0 unspecified atom stereocenters. The third kappa shape index (κ3) is 3.05. The molecule has 0 aliphatic carbocycles. The van der Waals surface area contributed by atoms with Crippen LogP contribution >= 0.6 is 0 Å². The molecule has 0 aliphatic rings. The van der Waals surface area contributed by atoms with E-state index in [0.29, 0.717) is 0 Å². The maximum Gasteiger partial charge on any atom is 0.0441 e. The Morgan fingerprint density at radius 2 is 1.24 bits per heavy atom. The molecule has 29 heavy (non-hydrogen) atoms. The van der Waals surface area contributed by atoms with Gasteiger partial charge in [-0.2, -0.15) is 0 Å². The smallest absolute Gasteiger partial charge is 0.0441 e. The van der Waals surface area contributed by atoms with E-state index in [0.717, 1.165) is 0 Å². The highest BCUT2D eigenvalue weighted by Gasteiger charge is 2.12. The van der Waals surface area contributed by atoms with E-state index in [1.54, 1.807) is 0 Å². The number of fused-ring (bicyclic) bond motifs is 3. The summed E-state index contributed by atoms with van der Waals surface area (Å²) in [6, 6.07) is 37.2. The minimum atomic E-state index is 1.23. The van der Waals surface area contributed by atoms with Gasteiger partial charge in [0.25, 0.3) is 0 Å². The van der Waals surface area contributed by atoms with Crippen LogP contribution in [0.4, 0.5) is 5.69 Å². The standard InChI is InChI=1S/C28H23N/c1-29(2)27-18-17-23(19-26(27)20-9-4-3-5-10-20)25-14-8-12-22-16-15-21-11-6-7-13-24(21)28(22)25/h3-19H,1-2H3. The van der Waals surface area contributed by atoms with Crippen LogP contribution in [0, 0.1) is 0 Å². The van der Waals surface area contributed by atoms with Gasteiger partial charge in [-0.15, -0.1) is 0 Å². The van der Waals surface area contributed by atoms with Gasteiger partial charge in [0.15, 0.2) is 0 Å². The Labute approximate surface area is 171 Å². The van der Waals surface area contributed by atoms with Crippen molar-refractivity contribution in [3.8, 4) is 22.3 Å². The molecule has 0 spiro atoms. The van der Waals surface area contributed by atoms with Crippen molar-refractivity contribution >= 4 is 27.2 Å². The first kappa shape index (κ1) is 17.5. The zero-order chi connectivity index (χ0) is 19.8. The molecule has 140 valence electrons. The van der Waals surface area contributed by atoms with E-state index >= 15 is 0 Å². The first-order valence-electron chi connectivity index (χ1n) is 10.00. The maximum absolute atomic E-state index is 2.33. The zero-order valence-corrected chi connectivity index (χ0v) is 16.8. The Hall–Kier alpha value is -3.58. The second kappa shape index (κ2) is 7.10. The number of anilines is 1. The molecule has 1 nitrogen and oxygen atoms in total. The lowest BCUT2D eigenvalue weighted by molar-refractivity contribution is 1.13. The van der Waals surface area contributed by atoms with Crippen LogP contribution in [0.1, 0.15) is 0 Å². The maximum atomic E-state index is 2.33. The van der Waals surface area contributed by atoms with Crippen molar-refractivity contribution in [3.05, 3.63) is 103 Å². The summed E-state index contributed by atoms with van der Waals surface area (Å²) >= 11 is 0. The van der Waals surface area contributed by atoms with Crippen molar-refractivity contribution in [3.63, 3.8) is 0 Å². The molecule has 0 saturated heterocycles. The van der Waals surface area contributed by atoms with Crippen LogP contribution in [0.25, 0.3) is 43.8 Å². The Morgan fingerprint density at radius 1 is 0.517 bits per heavy atom. The molecule has 0 radical (unpaired) electrons. The Balaban J connectivity index is 1.81. The summed E-state index contributed by atoms with van der Waals surface area (Å²) in [5, 5.41) is 5.18. The summed E-state index contributed by atoms with van der Waals surface area (Å²) in [6.45, 7) is 0. The molecule has 5 rings (SSSR count). The minimum Gasteiger partial charge on any atom is -0.377 e. The normalized spacial score (nSPS) is 11.1. The summed E-state index contributed by atoms with van der Waals surface area (Å²) in [5.41, 5.74) is 6.25. The second-order valence-corrected chi connectivity index (χ2v) is 7.68. The molecule has 5 aromatic rings. The number of nitrogens with zero attached hydrogens (tertiary/aromatic N) is 1. The van der Waals surface area contributed by atoms with E-state index in [4.69, 9.17) is 0 Å². The number of benzene rings is 5. The lowest BCUT2D eigenvalue weighted by atomic mass is 9.91. The van der Waals surface area contributed by atoms with E-state index in [2.05, 4.69) is 122 Å². The molecule has 0 atom stereocenters. The van der Waals surface area contributed by atoms with Crippen molar-refractivity contribution < 1.29 is 0 Å². The van der Waals surface area contributed by atoms with E-state index in [1.165, 1.54) is 49.5 Å². The lowest BCUT2D eigenvalue weighted by Crippen LogP contribution is -2.10. The summed E-state index contributed by atoms with van der Waals surface area (Å²) in [6.07, 6.45) is 0. The predicted molar refractivity (Wildman–Crippen MR) is 127 cm³/mol. The molecule has 0 heterocycles. The number of hydrogen-bond acceptors (Lipinski definition) is 1. The van der Waals surface area contributed by atoms with Crippen molar-refractivity contribution in [1.29, 1.82) is 0 Å². The number of rotatable bonds is 3. The highest BCUT2D eigenvalue weighted by Crippen LogP contribution is 2.38. The van der Waals surface area contributed by atoms with Gasteiger partial charge in [0, 0.05) is 25.3 Å². The molecular weight excluding hydrogens is 350 g/mol. The molecule has 0 amide bonds. The van der Waals surface area contributed by atoms with Gasteiger partial charge in [0.05, 0.1) is 0 Å². The molecule has 1 heteroatoms. The second-order valence-electron chi connectivity index (χ2n) is 7.68. The Bertz CT molecular complexity index is 1320. The van der Waals surface area contributed by atoms with Crippen LogP contribution < -0.4 is 4.90 Å². The molecule has 0 fully saturated rings. The van der Waals surface area contributed by atoms with Gasteiger partial charge in [0.1, 0.15) is 0 Å². The summed E-state index contributed by atoms with van der Waals surface area (Å²) in [4.78, 5) is 2.19. The molecule has 0 saturated carbocycles.